The van der Waals surface area contributed by atoms with Gasteiger partial charge in [-0.15, -0.1) is 0 Å². The molecule has 0 aliphatic carbocycles. The lowest BCUT2D eigenvalue weighted by Crippen LogP contribution is -2.10. The van der Waals surface area contributed by atoms with Gasteiger partial charge in [-0.2, -0.15) is 0 Å². The molecule has 1 nitrogen and oxygen atoms in total. The summed E-state index contributed by atoms with van der Waals surface area (Å²) < 4.78 is 0. The van der Waals surface area contributed by atoms with Crippen molar-refractivity contribution in [3.05, 3.63) is 164 Å². The maximum absolute atomic E-state index is 2.35. The second-order valence-corrected chi connectivity index (χ2v) is 9.80. The van der Waals surface area contributed by atoms with Crippen molar-refractivity contribution in [3.8, 4) is 22.3 Å². The summed E-state index contributed by atoms with van der Waals surface area (Å²) in [6.45, 7) is 0. The van der Waals surface area contributed by atoms with Gasteiger partial charge >= 0.3 is 0 Å². The van der Waals surface area contributed by atoms with E-state index < -0.39 is 0 Å². The molecule has 39 heavy (non-hydrogen) atoms. The van der Waals surface area contributed by atoms with Gasteiger partial charge in [-0.25, -0.2) is 0 Å². The highest BCUT2D eigenvalue weighted by atomic mass is 15.1. The van der Waals surface area contributed by atoms with Crippen molar-refractivity contribution in [2.24, 2.45) is 0 Å². The Morgan fingerprint density at radius 2 is 0.872 bits per heavy atom. The molecule has 0 spiro atoms. The standard InChI is InChI=1S/C38H27N/c1-4-14-28(15-5-1)37-27-30(26-29-16-10-11-21-33(29)37)34-24-25-38(36-23-13-12-22-35(34)36)39(31-17-6-2-7-18-31)32-19-8-3-9-20-32/h1-27H. The SMILES string of the molecule is c1ccc(-c2cc(-c3ccc(N(c4ccccc4)c4ccccc4)c4ccccc34)cc3ccccc23)cc1. The average Bonchev–Trinajstić information content (AvgIpc) is 3.02. The van der Waals surface area contributed by atoms with E-state index in [9.17, 15) is 0 Å². The largest absolute Gasteiger partial charge is 0.310 e. The Kier molecular flexibility index (Phi) is 5.88. The first kappa shape index (κ1) is 23.0. The number of fused-ring (bicyclic) bond motifs is 2. The summed E-state index contributed by atoms with van der Waals surface area (Å²) in [5.74, 6) is 0. The summed E-state index contributed by atoms with van der Waals surface area (Å²) in [5.41, 5.74) is 8.38. The zero-order chi connectivity index (χ0) is 26.0. The number of benzene rings is 7. The second kappa shape index (κ2) is 9.96. The third kappa shape index (κ3) is 4.24. The summed E-state index contributed by atoms with van der Waals surface area (Å²) in [5, 5.41) is 4.98. The van der Waals surface area contributed by atoms with E-state index in [1.54, 1.807) is 0 Å². The predicted octanol–water partition coefficient (Wildman–Crippen LogP) is 10.8. The van der Waals surface area contributed by atoms with Gasteiger partial charge in [0.05, 0.1) is 5.69 Å². The molecule has 0 heterocycles. The molecule has 0 unspecified atom stereocenters. The van der Waals surface area contributed by atoms with Crippen molar-refractivity contribution < 1.29 is 0 Å². The molecule has 1 heteroatoms. The summed E-state index contributed by atoms with van der Waals surface area (Å²) in [6, 6.07) is 58.6. The zero-order valence-corrected chi connectivity index (χ0v) is 21.5. The van der Waals surface area contributed by atoms with Gasteiger partial charge in [0.2, 0.25) is 0 Å². The Morgan fingerprint density at radius 3 is 1.54 bits per heavy atom. The zero-order valence-electron chi connectivity index (χ0n) is 21.5. The van der Waals surface area contributed by atoms with Crippen LogP contribution in [0.25, 0.3) is 43.8 Å². The fraction of sp³-hybridized carbons (Fsp3) is 0. The number of nitrogens with zero attached hydrogens (tertiary/aromatic N) is 1. The quantitative estimate of drug-likeness (QED) is 0.229. The van der Waals surface area contributed by atoms with Crippen LogP contribution in [0.15, 0.2) is 164 Å². The van der Waals surface area contributed by atoms with Crippen LogP contribution in [0.5, 0.6) is 0 Å². The Labute approximate surface area is 229 Å². The lowest BCUT2D eigenvalue weighted by Gasteiger charge is -2.27. The van der Waals surface area contributed by atoms with Gasteiger partial charge in [0, 0.05) is 16.8 Å². The van der Waals surface area contributed by atoms with Crippen molar-refractivity contribution in [1.82, 2.24) is 0 Å². The maximum Gasteiger partial charge on any atom is 0.0540 e. The van der Waals surface area contributed by atoms with E-state index in [0.29, 0.717) is 0 Å². The van der Waals surface area contributed by atoms with E-state index in [4.69, 9.17) is 0 Å². The van der Waals surface area contributed by atoms with Crippen LogP contribution in [0.2, 0.25) is 0 Å². The molecule has 0 radical (unpaired) electrons. The van der Waals surface area contributed by atoms with Gasteiger partial charge in [-0.3, -0.25) is 0 Å². The molecule has 0 aliphatic rings. The number of para-hydroxylation sites is 2. The first-order valence-corrected chi connectivity index (χ1v) is 13.4. The summed E-state index contributed by atoms with van der Waals surface area (Å²) in [7, 11) is 0. The highest BCUT2D eigenvalue weighted by molar-refractivity contribution is 6.08. The van der Waals surface area contributed by atoms with Crippen LogP contribution in [0, 0.1) is 0 Å². The lowest BCUT2D eigenvalue weighted by molar-refractivity contribution is 1.30. The number of rotatable bonds is 5. The first-order valence-electron chi connectivity index (χ1n) is 13.4. The molecule has 0 aromatic heterocycles. The minimum absolute atomic E-state index is 1.14. The van der Waals surface area contributed by atoms with Gasteiger partial charge in [0.1, 0.15) is 0 Å². The van der Waals surface area contributed by atoms with E-state index in [1.165, 1.54) is 43.8 Å². The van der Waals surface area contributed by atoms with Crippen LogP contribution in [0.4, 0.5) is 17.1 Å². The molecule has 7 aromatic rings. The highest BCUT2D eigenvalue weighted by Crippen LogP contribution is 2.43. The van der Waals surface area contributed by atoms with Crippen LogP contribution < -0.4 is 4.90 Å². The lowest BCUT2D eigenvalue weighted by atomic mass is 9.90. The molecule has 184 valence electrons. The van der Waals surface area contributed by atoms with Crippen LogP contribution in [-0.2, 0) is 0 Å². The van der Waals surface area contributed by atoms with Crippen molar-refractivity contribution in [2.75, 3.05) is 4.90 Å². The molecule has 0 atom stereocenters. The van der Waals surface area contributed by atoms with Gasteiger partial charge in [-0.1, -0.05) is 121 Å². The summed E-state index contributed by atoms with van der Waals surface area (Å²) in [6.07, 6.45) is 0. The highest BCUT2D eigenvalue weighted by Gasteiger charge is 2.17. The molecule has 0 N–H and O–H groups in total. The van der Waals surface area contributed by atoms with E-state index in [-0.39, 0.29) is 0 Å². The Balaban J connectivity index is 1.47. The van der Waals surface area contributed by atoms with Crippen molar-refractivity contribution in [2.45, 2.75) is 0 Å². The van der Waals surface area contributed by atoms with Gasteiger partial charge in [0.25, 0.3) is 0 Å². The fourth-order valence-corrected chi connectivity index (χ4v) is 5.63. The molecular formula is C38H27N. The van der Waals surface area contributed by atoms with Crippen molar-refractivity contribution in [1.29, 1.82) is 0 Å². The minimum atomic E-state index is 1.14. The normalized spacial score (nSPS) is 11.1. The van der Waals surface area contributed by atoms with Gasteiger partial charge in [0.15, 0.2) is 0 Å². The number of anilines is 3. The fourth-order valence-electron chi connectivity index (χ4n) is 5.63. The van der Waals surface area contributed by atoms with Crippen molar-refractivity contribution in [3.63, 3.8) is 0 Å². The molecular weight excluding hydrogens is 470 g/mol. The third-order valence-electron chi connectivity index (χ3n) is 7.43. The average molecular weight is 498 g/mol. The predicted molar refractivity (Wildman–Crippen MR) is 167 cm³/mol. The van der Waals surface area contributed by atoms with Crippen LogP contribution in [-0.4, -0.2) is 0 Å². The van der Waals surface area contributed by atoms with Gasteiger partial charge in [-0.05, 0) is 80.9 Å². The van der Waals surface area contributed by atoms with E-state index in [2.05, 4.69) is 169 Å². The summed E-state index contributed by atoms with van der Waals surface area (Å²) in [4.78, 5) is 2.35. The molecule has 0 amide bonds. The van der Waals surface area contributed by atoms with Crippen molar-refractivity contribution >= 4 is 38.6 Å². The monoisotopic (exact) mass is 497 g/mol. The second-order valence-electron chi connectivity index (χ2n) is 9.80. The first-order chi connectivity index (χ1) is 19.4. The Hall–Kier alpha value is -5.14. The van der Waals surface area contributed by atoms with Crippen LogP contribution in [0.1, 0.15) is 0 Å². The minimum Gasteiger partial charge on any atom is -0.310 e. The van der Waals surface area contributed by atoms with Crippen LogP contribution in [0.3, 0.4) is 0 Å². The topological polar surface area (TPSA) is 3.24 Å². The Morgan fingerprint density at radius 1 is 0.333 bits per heavy atom. The van der Waals surface area contributed by atoms with E-state index in [1.807, 2.05) is 0 Å². The molecule has 0 fully saturated rings. The number of hydrogen-bond acceptors (Lipinski definition) is 1. The molecule has 7 aromatic carbocycles. The van der Waals surface area contributed by atoms with E-state index >= 15 is 0 Å². The molecule has 7 rings (SSSR count). The van der Waals surface area contributed by atoms with Crippen LogP contribution >= 0.6 is 0 Å². The third-order valence-corrected chi connectivity index (χ3v) is 7.43. The number of hydrogen-bond donors (Lipinski definition) is 0. The van der Waals surface area contributed by atoms with Gasteiger partial charge < -0.3 is 4.90 Å². The smallest absolute Gasteiger partial charge is 0.0540 e. The molecule has 0 saturated carbocycles. The Bertz CT molecular complexity index is 1850. The van der Waals surface area contributed by atoms with E-state index in [0.717, 1.165) is 17.1 Å². The molecule has 0 bridgehead atoms. The maximum atomic E-state index is 2.35. The summed E-state index contributed by atoms with van der Waals surface area (Å²) >= 11 is 0. The molecule has 0 aliphatic heterocycles. The molecule has 0 saturated heterocycles.